The van der Waals surface area contributed by atoms with Crippen LogP contribution in [-0.2, 0) is 4.74 Å². The van der Waals surface area contributed by atoms with Crippen LogP contribution in [0.3, 0.4) is 0 Å². The normalized spacial score (nSPS) is 31.3. The lowest BCUT2D eigenvalue weighted by atomic mass is 9.83. The van der Waals surface area contributed by atoms with Crippen molar-refractivity contribution in [2.45, 2.75) is 38.1 Å². The fraction of sp³-hybridized carbons (Fsp3) is 1.00. The molecule has 0 bridgehead atoms. The number of nitrogens with zero attached hydrogens (tertiary/aromatic N) is 1. The molecule has 0 aliphatic carbocycles. The van der Waals surface area contributed by atoms with E-state index in [-0.39, 0.29) is 0 Å². The molecular formula is C13H26N2O. The van der Waals surface area contributed by atoms with Gasteiger partial charge in [0.15, 0.2) is 0 Å². The summed E-state index contributed by atoms with van der Waals surface area (Å²) in [5.74, 6) is 0.880. The van der Waals surface area contributed by atoms with Crippen molar-refractivity contribution in [3.8, 4) is 0 Å². The quantitative estimate of drug-likeness (QED) is 0.719. The summed E-state index contributed by atoms with van der Waals surface area (Å²) < 4.78 is 5.06. The molecule has 0 aromatic rings. The molecule has 0 aromatic heterocycles. The number of hydrogen-bond acceptors (Lipinski definition) is 3. The highest BCUT2D eigenvalue weighted by molar-refractivity contribution is 4.87. The maximum absolute atomic E-state index is 5.06. The highest BCUT2D eigenvalue weighted by Gasteiger charge is 2.32. The summed E-state index contributed by atoms with van der Waals surface area (Å²) in [6, 6.07) is 0.873. The van der Waals surface area contributed by atoms with Gasteiger partial charge in [0, 0.05) is 19.7 Å². The molecule has 3 heteroatoms. The lowest BCUT2D eigenvalue weighted by Crippen LogP contribution is -2.50. The summed E-state index contributed by atoms with van der Waals surface area (Å²) in [5.41, 5.74) is 0. The van der Waals surface area contributed by atoms with E-state index in [9.17, 15) is 0 Å². The first-order valence-electron chi connectivity index (χ1n) is 6.85. The predicted molar refractivity (Wildman–Crippen MR) is 66.7 cm³/mol. The average Bonchev–Trinajstić information content (AvgIpc) is 2.35. The first kappa shape index (κ1) is 12.3. The third-order valence-corrected chi connectivity index (χ3v) is 4.12. The number of rotatable bonds is 5. The second-order valence-corrected chi connectivity index (χ2v) is 5.20. The number of ether oxygens (including phenoxy) is 1. The van der Waals surface area contributed by atoms with Gasteiger partial charge in [-0.1, -0.05) is 6.42 Å². The van der Waals surface area contributed by atoms with E-state index in [4.69, 9.17) is 4.74 Å². The van der Waals surface area contributed by atoms with E-state index in [2.05, 4.69) is 10.2 Å². The minimum atomic E-state index is 0.834. The SMILES string of the molecule is COCCNC[C@@H]1CCCN2CCCCC12. The minimum Gasteiger partial charge on any atom is -0.383 e. The Balaban J connectivity index is 1.74. The summed E-state index contributed by atoms with van der Waals surface area (Å²) in [6.07, 6.45) is 7.10. The van der Waals surface area contributed by atoms with E-state index in [0.717, 1.165) is 25.1 Å². The molecular weight excluding hydrogens is 200 g/mol. The lowest BCUT2D eigenvalue weighted by molar-refractivity contribution is 0.0586. The fourth-order valence-corrected chi connectivity index (χ4v) is 3.28. The Morgan fingerprint density at radius 3 is 2.94 bits per heavy atom. The van der Waals surface area contributed by atoms with Gasteiger partial charge < -0.3 is 15.0 Å². The Morgan fingerprint density at radius 1 is 1.19 bits per heavy atom. The largest absolute Gasteiger partial charge is 0.383 e. The molecule has 0 amide bonds. The molecule has 0 spiro atoms. The van der Waals surface area contributed by atoms with Crippen molar-refractivity contribution in [1.29, 1.82) is 0 Å². The van der Waals surface area contributed by atoms with Crippen LogP contribution in [0.2, 0.25) is 0 Å². The third-order valence-electron chi connectivity index (χ3n) is 4.12. The zero-order valence-electron chi connectivity index (χ0n) is 10.6. The van der Waals surface area contributed by atoms with Gasteiger partial charge in [-0.2, -0.15) is 0 Å². The van der Waals surface area contributed by atoms with Gasteiger partial charge in [-0.05, 0) is 51.2 Å². The molecule has 0 saturated carbocycles. The fourth-order valence-electron chi connectivity index (χ4n) is 3.28. The molecule has 2 aliphatic heterocycles. The van der Waals surface area contributed by atoms with Gasteiger partial charge in [-0.3, -0.25) is 0 Å². The number of methoxy groups -OCH3 is 1. The molecule has 2 heterocycles. The Labute approximate surface area is 99.5 Å². The van der Waals surface area contributed by atoms with Gasteiger partial charge in [-0.25, -0.2) is 0 Å². The number of piperidine rings is 2. The van der Waals surface area contributed by atoms with Crippen molar-refractivity contribution < 1.29 is 4.74 Å². The molecule has 0 aromatic carbocycles. The molecule has 3 nitrogen and oxygen atoms in total. The van der Waals surface area contributed by atoms with Gasteiger partial charge in [0.05, 0.1) is 6.61 Å². The minimum absolute atomic E-state index is 0.834. The van der Waals surface area contributed by atoms with E-state index in [1.165, 1.54) is 51.7 Å². The van der Waals surface area contributed by atoms with Gasteiger partial charge in [0.2, 0.25) is 0 Å². The molecule has 0 radical (unpaired) electrons. The van der Waals surface area contributed by atoms with Crippen LogP contribution in [0.25, 0.3) is 0 Å². The lowest BCUT2D eigenvalue weighted by Gasteiger charge is -2.44. The Hall–Kier alpha value is -0.120. The van der Waals surface area contributed by atoms with Crippen LogP contribution >= 0.6 is 0 Å². The Bertz CT molecular complexity index is 196. The number of fused-ring (bicyclic) bond motifs is 1. The molecule has 16 heavy (non-hydrogen) atoms. The maximum Gasteiger partial charge on any atom is 0.0587 e. The van der Waals surface area contributed by atoms with Crippen LogP contribution in [0, 0.1) is 5.92 Å². The summed E-state index contributed by atoms with van der Waals surface area (Å²) in [5, 5.41) is 3.54. The van der Waals surface area contributed by atoms with Gasteiger partial charge in [0.1, 0.15) is 0 Å². The molecule has 94 valence electrons. The average molecular weight is 226 g/mol. The second-order valence-electron chi connectivity index (χ2n) is 5.20. The molecule has 2 atom stereocenters. The van der Waals surface area contributed by atoms with Crippen molar-refractivity contribution in [2.75, 3.05) is 39.9 Å². The summed E-state index contributed by atoms with van der Waals surface area (Å²) in [7, 11) is 1.77. The monoisotopic (exact) mass is 226 g/mol. The standard InChI is InChI=1S/C13H26N2O/c1-16-10-7-14-11-12-5-4-9-15-8-3-2-6-13(12)15/h12-14H,2-11H2,1H3/t12-,13?/m0/s1. The van der Waals surface area contributed by atoms with Crippen LogP contribution in [0.5, 0.6) is 0 Å². The smallest absolute Gasteiger partial charge is 0.0587 e. The second kappa shape index (κ2) is 6.58. The van der Waals surface area contributed by atoms with Crippen LogP contribution in [0.4, 0.5) is 0 Å². The third kappa shape index (κ3) is 3.19. The first-order valence-corrected chi connectivity index (χ1v) is 6.85. The van der Waals surface area contributed by atoms with Gasteiger partial charge in [0.25, 0.3) is 0 Å². The van der Waals surface area contributed by atoms with E-state index in [0.29, 0.717) is 0 Å². The number of nitrogens with one attached hydrogen (secondary N) is 1. The highest BCUT2D eigenvalue weighted by Crippen LogP contribution is 2.30. The summed E-state index contributed by atoms with van der Waals surface area (Å²) in [4.78, 5) is 2.73. The van der Waals surface area contributed by atoms with Crippen LogP contribution in [-0.4, -0.2) is 50.8 Å². The Kier molecular flexibility index (Phi) is 5.07. The molecule has 2 fully saturated rings. The predicted octanol–water partition coefficient (Wildman–Crippen LogP) is 1.49. The maximum atomic E-state index is 5.06. The van der Waals surface area contributed by atoms with Crippen molar-refractivity contribution in [1.82, 2.24) is 10.2 Å². The van der Waals surface area contributed by atoms with Crippen LogP contribution in [0.15, 0.2) is 0 Å². The summed E-state index contributed by atoms with van der Waals surface area (Å²) in [6.45, 7) is 5.71. The summed E-state index contributed by atoms with van der Waals surface area (Å²) >= 11 is 0. The first-order chi connectivity index (χ1) is 7.92. The van der Waals surface area contributed by atoms with E-state index >= 15 is 0 Å². The van der Waals surface area contributed by atoms with Crippen LogP contribution in [0.1, 0.15) is 32.1 Å². The molecule has 1 N–H and O–H groups in total. The number of hydrogen-bond donors (Lipinski definition) is 1. The van der Waals surface area contributed by atoms with Gasteiger partial charge in [-0.15, -0.1) is 0 Å². The molecule has 1 unspecified atom stereocenters. The van der Waals surface area contributed by atoms with Gasteiger partial charge >= 0.3 is 0 Å². The van der Waals surface area contributed by atoms with E-state index < -0.39 is 0 Å². The van der Waals surface area contributed by atoms with Crippen molar-refractivity contribution >= 4 is 0 Å². The van der Waals surface area contributed by atoms with Crippen molar-refractivity contribution in [2.24, 2.45) is 5.92 Å². The van der Waals surface area contributed by atoms with Crippen LogP contribution < -0.4 is 5.32 Å². The van der Waals surface area contributed by atoms with E-state index in [1.807, 2.05) is 0 Å². The molecule has 2 saturated heterocycles. The van der Waals surface area contributed by atoms with E-state index in [1.54, 1.807) is 7.11 Å². The zero-order chi connectivity index (χ0) is 11.2. The molecule has 2 aliphatic rings. The topological polar surface area (TPSA) is 24.5 Å². The zero-order valence-corrected chi connectivity index (χ0v) is 10.6. The van der Waals surface area contributed by atoms with Crippen molar-refractivity contribution in [3.63, 3.8) is 0 Å². The Morgan fingerprint density at radius 2 is 2.06 bits per heavy atom. The molecule has 2 rings (SSSR count). The van der Waals surface area contributed by atoms with Crippen molar-refractivity contribution in [3.05, 3.63) is 0 Å². The highest BCUT2D eigenvalue weighted by atomic mass is 16.5.